The minimum Gasteiger partial charge on any atom is -0.376 e. The summed E-state index contributed by atoms with van der Waals surface area (Å²) < 4.78 is 22.7. The molecular formula is C24H18FN3O2S2. The van der Waals surface area contributed by atoms with Crippen molar-refractivity contribution >= 4 is 44.5 Å². The topological polar surface area (TPSA) is 67.9 Å². The molecule has 0 radical (unpaired) electrons. The van der Waals surface area contributed by atoms with Crippen LogP contribution in [0.25, 0.3) is 21.9 Å². The Balaban J connectivity index is 1.74. The van der Waals surface area contributed by atoms with Crippen LogP contribution in [-0.4, -0.2) is 22.3 Å². The van der Waals surface area contributed by atoms with Crippen molar-refractivity contribution < 1.29 is 9.13 Å². The average molecular weight is 464 g/mol. The van der Waals surface area contributed by atoms with Gasteiger partial charge in [-0.25, -0.2) is 9.37 Å². The summed E-state index contributed by atoms with van der Waals surface area (Å²) >= 11 is 2.69. The van der Waals surface area contributed by atoms with E-state index in [1.54, 1.807) is 22.8 Å². The number of thiazole rings is 2. The largest absolute Gasteiger partial charge is 0.376 e. The third-order valence-corrected chi connectivity index (χ3v) is 7.50. The van der Waals surface area contributed by atoms with Crippen molar-refractivity contribution in [3.8, 4) is 6.07 Å². The molecule has 1 atom stereocenters. The maximum absolute atomic E-state index is 13.3. The molecule has 1 aliphatic rings. The van der Waals surface area contributed by atoms with Gasteiger partial charge in [0.2, 0.25) is 0 Å². The van der Waals surface area contributed by atoms with Crippen LogP contribution < -0.4 is 14.8 Å². The Morgan fingerprint density at radius 3 is 2.78 bits per heavy atom. The van der Waals surface area contributed by atoms with Gasteiger partial charge in [-0.15, -0.1) is 22.7 Å². The Bertz CT molecular complexity index is 1470. The molecule has 1 aliphatic heterocycles. The van der Waals surface area contributed by atoms with Crippen molar-refractivity contribution in [3.63, 3.8) is 0 Å². The maximum atomic E-state index is 13.3. The van der Waals surface area contributed by atoms with Crippen molar-refractivity contribution in [2.75, 3.05) is 6.61 Å². The molecule has 2 aromatic heterocycles. The van der Waals surface area contributed by atoms with E-state index >= 15 is 0 Å². The highest BCUT2D eigenvalue weighted by Gasteiger charge is 2.20. The first-order chi connectivity index (χ1) is 15.6. The number of nitrogens with zero attached hydrogens (tertiary/aromatic N) is 3. The van der Waals surface area contributed by atoms with E-state index in [1.165, 1.54) is 34.8 Å². The van der Waals surface area contributed by atoms with Crippen LogP contribution in [-0.2, 0) is 11.3 Å². The van der Waals surface area contributed by atoms with Crippen molar-refractivity contribution in [1.29, 1.82) is 5.26 Å². The van der Waals surface area contributed by atoms with Gasteiger partial charge in [-0.3, -0.25) is 9.36 Å². The van der Waals surface area contributed by atoms with Gasteiger partial charge in [0.15, 0.2) is 0 Å². The molecule has 0 spiro atoms. The number of aromatic nitrogens is 2. The van der Waals surface area contributed by atoms with Crippen molar-refractivity contribution in [2.45, 2.75) is 25.5 Å². The van der Waals surface area contributed by atoms with Crippen LogP contribution in [0.5, 0.6) is 0 Å². The van der Waals surface area contributed by atoms with E-state index in [4.69, 9.17) is 4.74 Å². The normalized spacial score (nSPS) is 17.6. The number of rotatable bonds is 4. The van der Waals surface area contributed by atoms with Gasteiger partial charge in [0, 0.05) is 6.61 Å². The second-order valence-corrected chi connectivity index (χ2v) is 9.55. The summed E-state index contributed by atoms with van der Waals surface area (Å²) in [6.45, 7) is 1.07. The molecule has 3 heterocycles. The predicted octanol–water partition coefficient (Wildman–Crippen LogP) is 3.39. The molecule has 0 amide bonds. The van der Waals surface area contributed by atoms with E-state index in [9.17, 15) is 14.4 Å². The third kappa shape index (κ3) is 4.02. The molecule has 8 heteroatoms. The van der Waals surface area contributed by atoms with Gasteiger partial charge < -0.3 is 4.74 Å². The molecule has 32 heavy (non-hydrogen) atoms. The summed E-state index contributed by atoms with van der Waals surface area (Å²) in [5, 5.41) is 10.6. The number of hydrogen-bond donors (Lipinski definition) is 0. The second kappa shape index (κ2) is 8.79. The van der Waals surface area contributed by atoms with Crippen LogP contribution in [0, 0.1) is 17.1 Å². The zero-order valence-corrected chi connectivity index (χ0v) is 18.6. The Morgan fingerprint density at radius 2 is 2.06 bits per heavy atom. The summed E-state index contributed by atoms with van der Waals surface area (Å²) in [6.07, 6.45) is 3.51. The first-order valence-electron chi connectivity index (χ1n) is 10.2. The Morgan fingerprint density at radius 1 is 1.25 bits per heavy atom. The quantitative estimate of drug-likeness (QED) is 0.465. The number of ether oxygens (including phenoxy) is 1. The number of nitriles is 1. The van der Waals surface area contributed by atoms with Crippen LogP contribution in [0.4, 0.5) is 4.39 Å². The Kier molecular flexibility index (Phi) is 5.70. The molecule has 0 aliphatic carbocycles. The fourth-order valence-corrected chi connectivity index (χ4v) is 5.88. The highest BCUT2D eigenvalue weighted by atomic mass is 32.1. The first-order valence-corrected chi connectivity index (χ1v) is 11.8. The van der Waals surface area contributed by atoms with E-state index in [1.807, 2.05) is 24.3 Å². The number of para-hydroxylation sites is 1. The average Bonchev–Trinajstić information content (AvgIpc) is 3.53. The van der Waals surface area contributed by atoms with E-state index in [0.29, 0.717) is 32.9 Å². The fourth-order valence-electron chi connectivity index (χ4n) is 3.74. The standard InChI is InChI=1S/C24H18FN3O2S2/c25-16-9-7-15(8-10-16)12-21-23(29)28(14-17-4-3-11-30-17)24(32-21)18(13-26)22-27-19-5-1-2-6-20(19)31-22/h1-2,5-10,12,17H,3-4,11,14H2/b21-12+,24-18-. The van der Waals surface area contributed by atoms with Gasteiger partial charge in [0.25, 0.3) is 5.56 Å². The Hall–Kier alpha value is -3.12. The summed E-state index contributed by atoms with van der Waals surface area (Å²) in [5.41, 5.74) is 1.74. The molecular weight excluding hydrogens is 445 g/mol. The maximum Gasteiger partial charge on any atom is 0.269 e. The minimum absolute atomic E-state index is 0.0602. The molecule has 1 saturated heterocycles. The van der Waals surface area contributed by atoms with Crippen LogP contribution in [0.15, 0.2) is 53.3 Å². The molecule has 4 aromatic rings. The van der Waals surface area contributed by atoms with Crippen LogP contribution in [0.3, 0.4) is 0 Å². The fraction of sp³-hybridized carbons (Fsp3) is 0.208. The predicted molar refractivity (Wildman–Crippen MR) is 125 cm³/mol. The van der Waals surface area contributed by atoms with E-state index in [-0.39, 0.29) is 17.5 Å². The lowest BCUT2D eigenvalue weighted by molar-refractivity contribution is 0.0958. The van der Waals surface area contributed by atoms with Crippen molar-refractivity contribution in [1.82, 2.24) is 9.55 Å². The van der Waals surface area contributed by atoms with Crippen LogP contribution in [0.2, 0.25) is 0 Å². The van der Waals surface area contributed by atoms with Crippen LogP contribution >= 0.6 is 22.7 Å². The minimum atomic E-state index is -0.333. The molecule has 0 saturated carbocycles. The van der Waals surface area contributed by atoms with Crippen molar-refractivity contribution in [3.05, 3.63) is 84.5 Å². The number of hydrogen-bond acceptors (Lipinski definition) is 6. The van der Waals surface area contributed by atoms with Gasteiger partial charge >= 0.3 is 0 Å². The van der Waals surface area contributed by atoms with E-state index < -0.39 is 0 Å². The SMILES string of the molecule is N#C/C(c1nc2ccccc2s1)=c1/s/c(=C/c2ccc(F)cc2)c(=O)n1CC1CCCO1. The number of halogens is 1. The molecule has 5 rings (SSSR count). The summed E-state index contributed by atoms with van der Waals surface area (Å²) in [7, 11) is 0. The number of benzene rings is 2. The molecule has 0 N–H and O–H groups in total. The molecule has 0 bridgehead atoms. The lowest BCUT2D eigenvalue weighted by atomic mass is 10.2. The summed E-state index contributed by atoms with van der Waals surface area (Å²) in [5.74, 6) is -0.333. The highest BCUT2D eigenvalue weighted by Crippen LogP contribution is 2.25. The summed E-state index contributed by atoms with van der Waals surface area (Å²) in [6, 6.07) is 16.0. The van der Waals surface area contributed by atoms with Crippen molar-refractivity contribution in [2.24, 2.45) is 0 Å². The van der Waals surface area contributed by atoms with Gasteiger partial charge in [-0.05, 0) is 48.7 Å². The second-order valence-electron chi connectivity index (χ2n) is 7.49. The zero-order valence-electron chi connectivity index (χ0n) is 17.0. The van der Waals surface area contributed by atoms with Gasteiger partial charge in [-0.1, -0.05) is 24.3 Å². The first kappa shape index (κ1) is 20.8. The van der Waals surface area contributed by atoms with Gasteiger partial charge in [-0.2, -0.15) is 5.26 Å². The number of fused-ring (bicyclic) bond motifs is 1. The zero-order chi connectivity index (χ0) is 22.1. The third-order valence-electron chi connectivity index (χ3n) is 5.32. The van der Waals surface area contributed by atoms with Crippen LogP contribution in [0.1, 0.15) is 23.4 Å². The molecule has 1 fully saturated rings. The summed E-state index contributed by atoms with van der Waals surface area (Å²) in [4.78, 5) is 18.0. The highest BCUT2D eigenvalue weighted by molar-refractivity contribution is 7.19. The lowest BCUT2D eigenvalue weighted by Crippen LogP contribution is -2.35. The molecule has 5 nitrogen and oxygen atoms in total. The lowest BCUT2D eigenvalue weighted by Gasteiger charge is -2.09. The molecule has 1 unspecified atom stereocenters. The van der Waals surface area contributed by atoms with Gasteiger partial charge in [0.1, 0.15) is 27.1 Å². The Labute approximate surface area is 191 Å². The molecule has 160 valence electrons. The monoisotopic (exact) mass is 463 g/mol. The molecule has 2 aromatic carbocycles. The van der Waals surface area contributed by atoms with E-state index in [2.05, 4.69) is 11.1 Å². The van der Waals surface area contributed by atoms with E-state index in [0.717, 1.165) is 28.6 Å². The van der Waals surface area contributed by atoms with Gasteiger partial charge in [0.05, 0.1) is 27.4 Å². The smallest absolute Gasteiger partial charge is 0.269 e.